The van der Waals surface area contributed by atoms with Gasteiger partial charge in [-0.2, -0.15) is 0 Å². The Kier molecular flexibility index (Phi) is 5.58. The van der Waals surface area contributed by atoms with Gasteiger partial charge in [-0.3, -0.25) is 0 Å². The molecule has 0 aromatic heterocycles. The summed E-state index contributed by atoms with van der Waals surface area (Å²) in [5.41, 5.74) is -0.500. The minimum atomic E-state index is -0.500. The fourth-order valence-corrected chi connectivity index (χ4v) is 2.30. The molecule has 108 valence electrons. The van der Waals surface area contributed by atoms with Gasteiger partial charge in [-0.05, 0) is 40.0 Å². The van der Waals surface area contributed by atoms with Crippen molar-refractivity contribution >= 4 is 12.4 Å². The third kappa shape index (κ3) is 4.69. The molecule has 1 aliphatic heterocycles. The molecule has 0 saturated carbocycles. The van der Waals surface area contributed by atoms with Gasteiger partial charge in [0.2, 0.25) is 0 Å². The number of ether oxygens (including phenoxy) is 1. The van der Waals surface area contributed by atoms with Gasteiger partial charge in [0, 0.05) is 12.6 Å². The maximum atomic E-state index is 12.1. The first kappa shape index (κ1) is 15.7. The van der Waals surface area contributed by atoms with Crippen molar-refractivity contribution in [3.05, 3.63) is 12.2 Å². The number of likely N-dealkylation sites (tertiary alicyclic amines) is 1. The van der Waals surface area contributed by atoms with Crippen molar-refractivity contribution in [1.29, 1.82) is 0 Å². The van der Waals surface area contributed by atoms with Crippen LogP contribution in [0, 0.1) is 5.92 Å². The first-order valence-corrected chi connectivity index (χ1v) is 7.00. The Labute approximate surface area is 115 Å². The molecule has 0 aliphatic carbocycles. The second kappa shape index (κ2) is 6.73. The van der Waals surface area contributed by atoms with E-state index in [2.05, 4.69) is 0 Å². The summed E-state index contributed by atoms with van der Waals surface area (Å²) in [5, 5.41) is 0. The van der Waals surface area contributed by atoms with E-state index in [0.717, 1.165) is 25.5 Å². The summed E-state index contributed by atoms with van der Waals surface area (Å²) < 4.78 is 5.40. The summed E-state index contributed by atoms with van der Waals surface area (Å²) in [6, 6.07) is -0.0600. The Morgan fingerprint density at radius 3 is 2.68 bits per heavy atom. The van der Waals surface area contributed by atoms with Gasteiger partial charge in [-0.25, -0.2) is 4.79 Å². The number of allylic oxidation sites excluding steroid dienone is 1. The van der Waals surface area contributed by atoms with Crippen LogP contribution >= 0.6 is 0 Å². The zero-order chi connectivity index (χ0) is 14.5. The lowest BCUT2D eigenvalue weighted by atomic mass is 9.98. The Morgan fingerprint density at radius 2 is 2.16 bits per heavy atom. The molecule has 0 bridgehead atoms. The molecular formula is C15H25NO3. The van der Waals surface area contributed by atoms with E-state index in [4.69, 9.17) is 4.74 Å². The number of carbonyl (C=O) groups excluding carboxylic acids is 2. The van der Waals surface area contributed by atoms with Crippen molar-refractivity contribution in [2.45, 2.75) is 58.6 Å². The highest BCUT2D eigenvalue weighted by molar-refractivity contribution is 5.70. The zero-order valence-electron chi connectivity index (χ0n) is 12.4. The standard InChI is InChI=1S/C15H25NO3/c1-5-6-8-12(11-17)13-9-7-10-16(13)14(18)19-15(2,3)4/h6,8,11-13H,5,7,9-10H2,1-4H3/b8-6+/t12-,13-/m1/s1. The monoisotopic (exact) mass is 267 g/mol. The first-order valence-electron chi connectivity index (χ1n) is 7.00. The second-order valence-corrected chi connectivity index (χ2v) is 5.93. The Hall–Kier alpha value is -1.32. The zero-order valence-corrected chi connectivity index (χ0v) is 12.4. The van der Waals surface area contributed by atoms with Gasteiger partial charge < -0.3 is 14.4 Å². The highest BCUT2D eigenvalue weighted by Crippen LogP contribution is 2.26. The minimum absolute atomic E-state index is 0.0600. The molecule has 0 aromatic rings. The maximum absolute atomic E-state index is 12.1. The molecular weight excluding hydrogens is 242 g/mol. The maximum Gasteiger partial charge on any atom is 0.410 e. The smallest absolute Gasteiger partial charge is 0.410 e. The van der Waals surface area contributed by atoms with Gasteiger partial charge in [0.15, 0.2) is 0 Å². The molecule has 1 saturated heterocycles. The van der Waals surface area contributed by atoms with Crippen LogP contribution in [0.4, 0.5) is 4.79 Å². The van der Waals surface area contributed by atoms with Gasteiger partial charge in [0.05, 0.1) is 5.92 Å². The number of amides is 1. The van der Waals surface area contributed by atoms with Crippen LogP contribution in [0.2, 0.25) is 0 Å². The van der Waals surface area contributed by atoms with Crippen molar-refractivity contribution in [3.63, 3.8) is 0 Å². The van der Waals surface area contributed by atoms with E-state index < -0.39 is 5.60 Å². The van der Waals surface area contributed by atoms with E-state index in [0.29, 0.717) is 6.54 Å². The molecule has 0 unspecified atom stereocenters. The van der Waals surface area contributed by atoms with Crippen molar-refractivity contribution in [1.82, 2.24) is 4.90 Å². The summed E-state index contributed by atoms with van der Waals surface area (Å²) in [6.45, 7) is 8.25. The molecule has 0 aromatic carbocycles. The fourth-order valence-electron chi connectivity index (χ4n) is 2.30. The van der Waals surface area contributed by atoms with Crippen molar-refractivity contribution < 1.29 is 14.3 Å². The number of aldehydes is 1. The molecule has 4 nitrogen and oxygen atoms in total. The summed E-state index contributed by atoms with van der Waals surface area (Å²) in [6.07, 6.45) is 7.17. The predicted octanol–water partition coefficient (Wildman–Crippen LogP) is 3.17. The van der Waals surface area contributed by atoms with E-state index in [9.17, 15) is 9.59 Å². The molecule has 1 amide bonds. The van der Waals surface area contributed by atoms with Crippen molar-refractivity contribution in [3.8, 4) is 0 Å². The number of hydrogen-bond acceptors (Lipinski definition) is 3. The lowest BCUT2D eigenvalue weighted by Crippen LogP contribution is -2.43. The average Bonchev–Trinajstić information content (AvgIpc) is 2.77. The number of carbonyl (C=O) groups is 2. The fraction of sp³-hybridized carbons (Fsp3) is 0.733. The molecule has 0 radical (unpaired) electrons. The highest BCUT2D eigenvalue weighted by Gasteiger charge is 2.35. The second-order valence-electron chi connectivity index (χ2n) is 5.93. The quantitative estimate of drug-likeness (QED) is 0.580. The summed E-state index contributed by atoms with van der Waals surface area (Å²) in [7, 11) is 0. The van der Waals surface area contributed by atoms with Crippen LogP contribution in [0.5, 0.6) is 0 Å². The van der Waals surface area contributed by atoms with Crippen LogP contribution in [0.3, 0.4) is 0 Å². The van der Waals surface area contributed by atoms with E-state index in [1.165, 1.54) is 0 Å². The molecule has 2 atom stereocenters. The molecule has 0 spiro atoms. The third-order valence-electron chi connectivity index (χ3n) is 3.12. The molecule has 19 heavy (non-hydrogen) atoms. The normalized spacial score (nSPS) is 21.7. The van der Waals surface area contributed by atoms with E-state index in [-0.39, 0.29) is 18.1 Å². The van der Waals surface area contributed by atoms with E-state index in [1.807, 2.05) is 39.8 Å². The van der Waals surface area contributed by atoms with E-state index in [1.54, 1.807) is 4.90 Å². The summed E-state index contributed by atoms with van der Waals surface area (Å²) in [5.74, 6) is -0.227. The van der Waals surface area contributed by atoms with Crippen LogP contribution in [-0.2, 0) is 9.53 Å². The Bertz CT molecular complexity index is 344. The SMILES string of the molecule is CC/C=C/[C@H](C=O)[C@H]1CCCN1C(=O)OC(C)(C)C. The lowest BCUT2D eigenvalue weighted by Gasteiger charge is -2.30. The number of hydrogen-bond donors (Lipinski definition) is 0. The molecule has 1 rings (SSSR count). The van der Waals surface area contributed by atoms with Crippen LogP contribution in [0.1, 0.15) is 47.0 Å². The van der Waals surface area contributed by atoms with Crippen molar-refractivity contribution in [2.75, 3.05) is 6.54 Å². The Morgan fingerprint density at radius 1 is 1.47 bits per heavy atom. The number of nitrogens with zero attached hydrogens (tertiary/aromatic N) is 1. The van der Waals surface area contributed by atoms with Crippen LogP contribution < -0.4 is 0 Å². The number of rotatable bonds is 4. The topological polar surface area (TPSA) is 46.6 Å². The summed E-state index contributed by atoms with van der Waals surface area (Å²) >= 11 is 0. The van der Waals surface area contributed by atoms with Crippen LogP contribution in [0.25, 0.3) is 0 Å². The van der Waals surface area contributed by atoms with Crippen molar-refractivity contribution in [2.24, 2.45) is 5.92 Å². The lowest BCUT2D eigenvalue weighted by molar-refractivity contribution is -0.111. The van der Waals surface area contributed by atoms with Gasteiger partial charge in [0.25, 0.3) is 0 Å². The largest absolute Gasteiger partial charge is 0.444 e. The van der Waals surface area contributed by atoms with Gasteiger partial charge in [-0.1, -0.05) is 19.1 Å². The molecule has 0 N–H and O–H groups in total. The van der Waals surface area contributed by atoms with Gasteiger partial charge >= 0.3 is 6.09 Å². The third-order valence-corrected chi connectivity index (χ3v) is 3.12. The molecule has 1 aliphatic rings. The van der Waals surface area contributed by atoms with Crippen LogP contribution in [0.15, 0.2) is 12.2 Å². The average molecular weight is 267 g/mol. The highest BCUT2D eigenvalue weighted by atomic mass is 16.6. The summed E-state index contributed by atoms with van der Waals surface area (Å²) in [4.78, 5) is 25.0. The molecule has 4 heteroatoms. The molecule has 1 heterocycles. The first-order chi connectivity index (χ1) is 8.89. The van der Waals surface area contributed by atoms with E-state index >= 15 is 0 Å². The van der Waals surface area contributed by atoms with Crippen LogP contribution in [-0.4, -0.2) is 35.5 Å². The molecule has 1 fully saturated rings. The van der Waals surface area contributed by atoms with Gasteiger partial charge in [-0.15, -0.1) is 0 Å². The predicted molar refractivity (Wildman–Crippen MR) is 74.9 cm³/mol. The van der Waals surface area contributed by atoms with Gasteiger partial charge in [0.1, 0.15) is 11.9 Å². The Balaban J connectivity index is 2.74. The minimum Gasteiger partial charge on any atom is -0.444 e.